The van der Waals surface area contributed by atoms with Gasteiger partial charge in [-0.25, -0.2) is 4.79 Å². The molecule has 2 amide bonds. The third kappa shape index (κ3) is 2.72. The molecule has 2 saturated heterocycles. The number of aliphatic hydroxyl groups is 1. The van der Waals surface area contributed by atoms with Crippen LogP contribution < -0.4 is 5.73 Å². The van der Waals surface area contributed by atoms with Crippen LogP contribution >= 0.6 is 0 Å². The lowest BCUT2D eigenvalue weighted by Gasteiger charge is -2.55. The van der Waals surface area contributed by atoms with Crippen molar-refractivity contribution < 1.29 is 24.6 Å². The van der Waals surface area contributed by atoms with E-state index in [-0.39, 0.29) is 23.7 Å². The molecule has 8 nitrogen and oxygen atoms in total. The van der Waals surface area contributed by atoms with Gasteiger partial charge in [0.05, 0.1) is 23.6 Å². The van der Waals surface area contributed by atoms with Gasteiger partial charge in [0.25, 0.3) is 0 Å². The van der Waals surface area contributed by atoms with Gasteiger partial charge in [0.2, 0.25) is 11.8 Å². The van der Waals surface area contributed by atoms with Crippen LogP contribution in [-0.2, 0) is 14.4 Å². The Morgan fingerprint density at radius 2 is 2.04 bits per heavy atom. The van der Waals surface area contributed by atoms with E-state index in [0.717, 1.165) is 12.8 Å². The molecule has 144 valence electrons. The molecule has 0 aromatic heterocycles. The van der Waals surface area contributed by atoms with Crippen molar-refractivity contribution in [2.45, 2.75) is 64.1 Å². The monoisotopic (exact) mass is 365 g/mol. The molecule has 3 aliphatic rings. The SMILES string of the molecule is C[C@@H](O)[C@@]1(C)C(=O)N2C(C(=O)O)=C(CN3CCC[C@H]3C(N)=O)CCC[C@@H]21. The first-order chi connectivity index (χ1) is 12.2. The summed E-state index contributed by atoms with van der Waals surface area (Å²) in [5.74, 6) is -1.88. The predicted molar refractivity (Wildman–Crippen MR) is 92.7 cm³/mol. The quantitative estimate of drug-likeness (QED) is 0.592. The summed E-state index contributed by atoms with van der Waals surface area (Å²) in [6.45, 7) is 4.30. The molecule has 3 heterocycles. The highest BCUT2D eigenvalue weighted by atomic mass is 16.4. The van der Waals surface area contributed by atoms with Crippen LogP contribution in [0.2, 0.25) is 0 Å². The maximum absolute atomic E-state index is 12.8. The minimum absolute atomic E-state index is 0.0192. The Kier molecular flexibility index (Phi) is 4.83. The van der Waals surface area contributed by atoms with E-state index in [1.165, 1.54) is 4.90 Å². The maximum atomic E-state index is 12.8. The molecule has 3 rings (SSSR count). The maximum Gasteiger partial charge on any atom is 0.352 e. The van der Waals surface area contributed by atoms with E-state index in [2.05, 4.69) is 0 Å². The molecule has 0 spiro atoms. The van der Waals surface area contributed by atoms with Gasteiger partial charge in [-0.2, -0.15) is 0 Å². The number of carboxylic acid groups (broad SMARTS) is 1. The lowest BCUT2D eigenvalue weighted by molar-refractivity contribution is -0.181. The number of fused-ring (bicyclic) bond motifs is 1. The standard InChI is InChI=1S/C18H27N3O5/c1-10(22)18(2)13-7-3-5-11(14(16(24)25)21(13)17(18)26)9-20-8-4-6-12(20)15(19)23/h10,12-13,22H,3-9H2,1-2H3,(H2,19,23)(H,24,25)/t10-,12+,13-,18-/m1/s1. The van der Waals surface area contributed by atoms with E-state index >= 15 is 0 Å². The molecule has 0 saturated carbocycles. The molecular formula is C18H27N3O5. The zero-order valence-electron chi connectivity index (χ0n) is 15.3. The topological polar surface area (TPSA) is 124 Å². The highest BCUT2D eigenvalue weighted by molar-refractivity contribution is 6.00. The molecule has 2 fully saturated rings. The van der Waals surface area contributed by atoms with Gasteiger partial charge in [0.15, 0.2) is 0 Å². The van der Waals surface area contributed by atoms with Crippen LogP contribution in [0.3, 0.4) is 0 Å². The van der Waals surface area contributed by atoms with Gasteiger partial charge < -0.3 is 20.8 Å². The van der Waals surface area contributed by atoms with Crippen LogP contribution in [-0.4, -0.2) is 69.1 Å². The Labute approximate surface area is 152 Å². The normalized spacial score (nSPS) is 33.5. The van der Waals surface area contributed by atoms with Gasteiger partial charge >= 0.3 is 5.97 Å². The Balaban J connectivity index is 1.93. The first kappa shape index (κ1) is 18.8. The van der Waals surface area contributed by atoms with Crippen molar-refractivity contribution >= 4 is 17.8 Å². The summed E-state index contributed by atoms with van der Waals surface area (Å²) >= 11 is 0. The van der Waals surface area contributed by atoms with Crippen LogP contribution in [0.5, 0.6) is 0 Å². The van der Waals surface area contributed by atoms with Gasteiger partial charge in [0.1, 0.15) is 5.70 Å². The highest BCUT2D eigenvalue weighted by Gasteiger charge is 2.62. The molecule has 0 bridgehead atoms. The van der Waals surface area contributed by atoms with Gasteiger partial charge in [-0.15, -0.1) is 0 Å². The summed E-state index contributed by atoms with van der Waals surface area (Å²) in [6, 6.07) is -0.699. The second-order valence-electron chi connectivity index (χ2n) is 7.83. The summed E-state index contributed by atoms with van der Waals surface area (Å²) in [5, 5.41) is 19.9. The highest BCUT2D eigenvalue weighted by Crippen LogP contribution is 2.49. The first-order valence-corrected chi connectivity index (χ1v) is 9.20. The van der Waals surface area contributed by atoms with Crippen molar-refractivity contribution in [3.63, 3.8) is 0 Å². The number of primary amides is 1. The number of aliphatic hydroxyl groups excluding tert-OH is 1. The van der Waals surface area contributed by atoms with Crippen LogP contribution in [0.1, 0.15) is 46.0 Å². The number of carbonyl (C=O) groups excluding carboxylic acids is 2. The molecule has 4 N–H and O–H groups in total. The molecule has 0 radical (unpaired) electrons. The molecule has 0 aliphatic carbocycles. The number of carbonyl (C=O) groups is 3. The van der Waals surface area contributed by atoms with Crippen LogP contribution in [0.15, 0.2) is 11.3 Å². The fourth-order valence-corrected chi connectivity index (χ4v) is 4.68. The number of rotatable bonds is 5. The lowest BCUT2D eigenvalue weighted by atomic mass is 9.67. The van der Waals surface area contributed by atoms with Crippen molar-refractivity contribution in [1.82, 2.24) is 9.80 Å². The largest absolute Gasteiger partial charge is 0.477 e. The summed E-state index contributed by atoms with van der Waals surface area (Å²) in [7, 11) is 0. The summed E-state index contributed by atoms with van der Waals surface area (Å²) in [5.41, 5.74) is 5.20. The zero-order valence-corrected chi connectivity index (χ0v) is 15.3. The number of amides is 2. The summed E-state index contributed by atoms with van der Waals surface area (Å²) in [4.78, 5) is 39.7. The van der Waals surface area contributed by atoms with Crippen molar-refractivity contribution in [2.24, 2.45) is 11.1 Å². The van der Waals surface area contributed by atoms with E-state index in [9.17, 15) is 24.6 Å². The number of hydrogen-bond acceptors (Lipinski definition) is 5. The molecule has 0 aromatic carbocycles. The summed E-state index contributed by atoms with van der Waals surface area (Å²) < 4.78 is 0. The number of likely N-dealkylation sites (tertiary alicyclic amines) is 1. The van der Waals surface area contributed by atoms with E-state index in [1.807, 2.05) is 4.90 Å². The van der Waals surface area contributed by atoms with E-state index in [4.69, 9.17) is 5.73 Å². The molecular weight excluding hydrogens is 338 g/mol. The number of β-lactam (4-membered cyclic amide) rings is 1. The van der Waals surface area contributed by atoms with Gasteiger partial charge in [0, 0.05) is 6.54 Å². The van der Waals surface area contributed by atoms with E-state index in [1.54, 1.807) is 13.8 Å². The molecule has 8 heteroatoms. The second-order valence-corrected chi connectivity index (χ2v) is 7.83. The summed E-state index contributed by atoms with van der Waals surface area (Å²) in [6.07, 6.45) is 2.61. The smallest absolute Gasteiger partial charge is 0.352 e. The van der Waals surface area contributed by atoms with Gasteiger partial charge in [-0.1, -0.05) is 0 Å². The molecule has 26 heavy (non-hydrogen) atoms. The number of nitrogens with two attached hydrogens (primary N) is 1. The Bertz CT molecular complexity index is 674. The minimum atomic E-state index is -1.14. The third-order valence-electron chi connectivity index (χ3n) is 6.37. The molecule has 0 aromatic rings. The van der Waals surface area contributed by atoms with E-state index < -0.39 is 23.4 Å². The second kappa shape index (κ2) is 6.66. The number of aliphatic carboxylic acids is 1. The predicted octanol–water partition coefficient (Wildman–Crippen LogP) is 0.0566. The molecule has 0 unspecified atom stereocenters. The third-order valence-corrected chi connectivity index (χ3v) is 6.37. The van der Waals surface area contributed by atoms with Crippen LogP contribution in [0.25, 0.3) is 0 Å². The fraction of sp³-hybridized carbons (Fsp3) is 0.722. The molecule has 4 atom stereocenters. The van der Waals surface area contributed by atoms with Gasteiger partial charge in [-0.05, 0) is 58.1 Å². The van der Waals surface area contributed by atoms with Crippen molar-refractivity contribution in [1.29, 1.82) is 0 Å². The number of nitrogens with zero attached hydrogens (tertiary/aromatic N) is 2. The number of carboxylic acids is 1. The van der Waals surface area contributed by atoms with Crippen molar-refractivity contribution in [3.05, 3.63) is 11.3 Å². The molecule has 3 aliphatic heterocycles. The first-order valence-electron chi connectivity index (χ1n) is 9.20. The Hall–Kier alpha value is -1.93. The average molecular weight is 365 g/mol. The van der Waals surface area contributed by atoms with Gasteiger partial charge in [-0.3, -0.25) is 14.5 Å². The Morgan fingerprint density at radius 3 is 2.62 bits per heavy atom. The van der Waals surface area contributed by atoms with Crippen molar-refractivity contribution in [2.75, 3.05) is 13.1 Å². The Morgan fingerprint density at radius 1 is 1.35 bits per heavy atom. The average Bonchev–Trinajstić information content (AvgIpc) is 2.95. The van der Waals surface area contributed by atoms with Crippen molar-refractivity contribution in [3.8, 4) is 0 Å². The fourth-order valence-electron chi connectivity index (χ4n) is 4.68. The lowest BCUT2D eigenvalue weighted by Crippen LogP contribution is -2.71. The van der Waals surface area contributed by atoms with Crippen LogP contribution in [0, 0.1) is 5.41 Å². The minimum Gasteiger partial charge on any atom is -0.477 e. The zero-order chi connectivity index (χ0) is 19.2. The number of hydrogen-bond donors (Lipinski definition) is 3. The van der Waals surface area contributed by atoms with Crippen LogP contribution in [0.4, 0.5) is 0 Å². The van der Waals surface area contributed by atoms with E-state index in [0.29, 0.717) is 37.9 Å².